The summed E-state index contributed by atoms with van der Waals surface area (Å²) >= 11 is 0. The van der Waals surface area contributed by atoms with Gasteiger partial charge in [0.25, 0.3) is 0 Å². The molecule has 0 amide bonds. The second-order valence-corrected chi connectivity index (χ2v) is 6.28. The molecule has 0 heteroatoms. The van der Waals surface area contributed by atoms with Gasteiger partial charge in [-0.15, -0.1) is 0 Å². The lowest BCUT2D eigenvalue weighted by Crippen LogP contribution is -2.15. The van der Waals surface area contributed by atoms with Crippen LogP contribution in [0.4, 0.5) is 0 Å². The van der Waals surface area contributed by atoms with Crippen LogP contribution in [0.25, 0.3) is 6.08 Å². The Morgan fingerprint density at radius 3 is 2.18 bits per heavy atom. The molecule has 0 spiro atoms. The Bertz CT molecular complexity index is 422. The standard InChI is InChI=1S/C17H20/c1-2-4-12(5-3-1)8-13-9-16-14-6-7-15(11-14)17(16)10-13/h1-5,8,14-17H,6-7,9-11H2. The third kappa shape index (κ3) is 1.57. The van der Waals surface area contributed by atoms with Crippen molar-refractivity contribution in [1.29, 1.82) is 0 Å². The Labute approximate surface area is 104 Å². The number of fused-ring (bicyclic) bond motifs is 5. The molecule has 1 aromatic rings. The number of allylic oxidation sites excluding steroid dienone is 1. The van der Waals surface area contributed by atoms with Crippen molar-refractivity contribution >= 4 is 6.08 Å². The molecule has 3 aliphatic carbocycles. The van der Waals surface area contributed by atoms with Crippen LogP contribution in [-0.4, -0.2) is 0 Å². The molecule has 0 heterocycles. The van der Waals surface area contributed by atoms with Gasteiger partial charge in [0.05, 0.1) is 0 Å². The highest BCUT2D eigenvalue weighted by molar-refractivity contribution is 5.53. The third-order valence-electron chi connectivity index (χ3n) is 5.44. The van der Waals surface area contributed by atoms with E-state index >= 15 is 0 Å². The minimum Gasteiger partial charge on any atom is -0.0690 e. The summed E-state index contributed by atoms with van der Waals surface area (Å²) in [5.41, 5.74) is 3.12. The highest BCUT2D eigenvalue weighted by Gasteiger charge is 2.50. The molecule has 3 fully saturated rings. The van der Waals surface area contributed by atoms with Crippen LogP contribution in [0, 0.1) is 23.7 Å². The summed E-state index contributed by atoms with van der Waals surface area (Å²) in [5, 5.41) is 0. The van der Waals surface area contributed by atoms with Gasteiger partial charge in [-0.25, -0.2) is 0 Å². The summed E-state index contributed by atoms with van der Waals surface area (Å²) in [6.45, 7) is 0. The third-order valence-corrected chi connectivity index (χ3v) is 5.44. The van der Waals surface area contributed by atoms with Crippen molar-refractivity contribution in [2.24, 2.45) is 23.7 Å². The van der Waals surface area contributed by atoms with Gasteiger partial charge in [0.1, 0.15) is 0 Å². The highest BCUT2D eigenvalue weighted by Crippen LogP contribution is 2.60. The maximum Gasteiger partial charge on any atom is -0.0257 e. The molecular formula is C17H20. The predicted octanol–water partition coefficient (Wildman–Crippen LogP) is 4.53. The second-order valence-electron chi connectivity index (χ2n) is 6.28. The smallest absolute Gasteiger partial charge is 0.0257 e. The minimum absolute atomic E-state index is 1.06. The fourth-order valence-corrected chi connectivity index (χ4v) is 4.76. The molecule has 2 bridgehead atoms. The molecule has 4 rings (SSSR count). The largest absolute Gasteiger partial charge is 0.0690 e. The number of benzene rings is 1. The number of rotatable bonds is 1. The zero-order valence-electron chi connectivity index (χ0n) is 10.3. The molecule has 1 aromatic carbocycles. The van der Waals surface area contributed by atoms with E-state index in [-0.39, 0.29) is 0 Å². The fourth-order valence-electron chi connectivity index (χ4n) is 4.76. The Balaban J connectivity index is 1.57. The summed E-state index contributed by atoms with van der Waals surface area (Å²) in [6, 6.07) is 10.9. The zero-order valence-corrected chi connectivity index (χ0v) is 10.3. The van der Waals surface area contributed by atoms with E-state index in [1.54, 1.807) is 12.0 Å². The van der Waals surface area contributed by atoms with E-state index in [0.717, 1.165) is 23.7 Å². The normalized spacial score (nSPS) is 38.5. The minimum atomic E-state index is 1.06. The average molecular weight is 224 g/mol. The summed E-state index contributed by atoms with van der Waals surface area (Å²) in [7, 11) is 0. The summed E-state index contributed by atoms with van der Waals surface area (Å²) in [4.78, 5) is 0. The zero-order chi connectivity index (χ0) is 11.2. The SMILES string of the molecule is C(=C1CC2C3CCC(C3)C2C1)c1ccccc1. The summed E-state index contributed by atoms with van der Waals surface area (Å²) in [5.74, 6) is 4.30. The van der Waals surface area contributed by atoms with Gasteiger partial charge >= 0.3 is 0 Å². The van der Waals surface area contributed by atoms with Gasteiger partial charge in [0.15, 0.2) is 0 Å². The van der Waals surface area contributed by atoms with Crippen molar-refractivity contribution in [1.82, 2.24) is 0 Å². The quantitative estimate of drug-likeness (QED) is 0.657. The molecule has 4 atom stereocenters. The van der Waals surface area contributed by atoms with Crippen LogP contribution in [0.3, 0.4) is 0 Å². The summed E-state index contributed by atoms with van der Waals surface area (Å²) in [6.07, 6.45) is 9.89. The molecule has 0 aliphatic heterocycles. The first kappa shape index (κ1) is 9.94. The van der Waals surface area contributed by atoms with E-state index in [9.17, 15) is 0 Å². The first-order valence-corrected chi connectivity index (χ1v) is 7.14. The van der Waals surface area contributed by atoms with E-state index in [2.05, 4.69) is 36.4 Å². The Kier molecular flexibility index (Phi) is 2.18. The van der Waals surface area contributed by atoms with Crippen LogP contribution in [0.1, 0.15) is 37.7 Å². The van der Waals surface area contributed by atoms with E-state index in [1.165, 1.54) is 31.2 Å². The molecule has 3 saturated carbocycles. The van der Waals surface area contributed by atoms with E-state index in [4.69, 9.17) is 0 Å². The van der Waals surface area contributed by atoms with Crippen molar-refractivity contribution < 1.29 is 0 Å². The molecule has 4 unspecified atom stereocenters. The lowest BCUT2D eigenvalue weighted by Gasteiger charge is -2.23. The number of hydrogen-bond donors (Lipinski definition) is 0. The first-order chi connectivity index (χ1) is 8.40. The average Bonchev–Trinajstić information content (AvgIpc) is 3.00. The molecule has 0 N–H and O–H groups in total. The lowest BCUT2D eigenvalue weighted by atomic mass is 9.82. The van der Waals surface area contributed by atoms with Crippen molar-refractivity contribution in [3.05, 3.63) is 41.5 Å². The molecule has 0 aromatic heterocycles. The van der Waals surface area contributed by atoms with Gasteiger partial charge in [-0.1, -0.05) is 42.0 Å². The molecule has 0 saturated heterocycles. The van der Waals surface area contributed by atoms with Crippen LogP contribution in [0.5, 0.6) is 0 Å². The Morgan fingerprint density at radius 1 is 0.882 bits per heavy atom. The van der Waals surface area contributed by atoms with E-state index in [1.807, 2.05) is 0 Å². The maximum absolute atomic E-state index is 2.46. The van der Waals surface area contributed by atoms with Crippen LogP contribution < -0.4 is 0 Å². The molecule has 0 nitrogen and oxygen atoms in total. The monoisotopic (exact) mass is 224 g/mol. The molecule has 88 valence electrons. The maximum atomic E-state index is 2.46. The van der Waals surface area contributed by atoms with Gasteiger partial charge < -0.3 is 0 Å². The second kappa shape index (κ2) is 3.73. The Hall–Kier alpha value is -1.04. The van der Waals surface area contributed by atoms with Crippen molar-refractivity contribution in [2.45, 2.75) is 32.1 Å². The van der Waals surface area contributed by atoms with Crippen LogP contribution >= 0.6 is 0 Å². The van der Waals surface area contributed by atoms with Crippen molar-refractivity contribution in [3.8, 4) is 0 Å². The topological polar surface area (TPSA) is 0 Å². The van der Waals surface area contributed by atoms with E-state index < -0.39 is 0 Å². The molecule has 0 radical (unpaired) electrons. The molecule has 17 heavy (non-hydrogen) atoms. The first-order valence-electron chi connectivity index (χ1n) is 7.14. The Morgan fingerprint density at radius 2 is 1.53 bits per heavy atom. The fraction of sp³-hybridized carbons (Fsp3) is 0.529. The highest BCUT2D eigenvalue weighted by atomic mass is 14.5. The van der Waals surface area contributed by atoms with Crippen molar-refractivity contribution in [3.63, 3.8) is 0 Å². The molecule has 3 aliphatic rings. The van der Waals surface area contributed by atoms with E-state index in [0.29, 0.717) is 0 Å². The number of hydrogen-bond acceptors (Lipinski definition) is 0. The van der Waals surface area contributed by atoms with Crippen LogP contribution in [0.15, 0.2) is 35.9 Å². The van der Waals surface area contributed by atoms with Crippen LogP contribution in [0.2, 0.25) is 0 Å². The van der Waals surface area contributed by atoms with Gasteiger partial charge in [-0.3, -0.25) is 0 Å². The van der Waals surface area contributed by atoms with Crippen molar-refractivity contribution in [2.75, 3.05) is 0 Å². The van der Waals surface area contributed by atoms with Gasteiger partial charge in [0.2, 0.25) is 0 Å². The van der Waals surface area contributed by atoms with Crippen LogP contribution in [-0.2, 0) is 0 Å². The van der Waals surface area contributed by atoms with Gasteiger partial charge in [0, 0.05) is 0 Å². The lowest BCUT2D eigenvalue weighted by molar-refractivity contribution is 0.259. The van der Waals surface area contributed by atoms with Gasteiger partial charge in [-0.05, 0) is 61.3 Å². The predicted molar refractivity (Wildman–Crippen MR) is 71.5 cm³/mol. The van der Waals surface area contributed by atoms with Gasteiger partial charge in [-0.2, -0.15) is 0 Å². The molecular weight excluding hydrogens is 204 g/mol. The summed E-state index contributed by atoms with van der Waals surface area (Å²) < 4.78 is 0.